The van der Waals surface area contributed by atoms with Gasteiger partial charge in [0, 0.05) is 13.1 Å². The van der Waals surface area contributed by atoms with Gasteiger partial charge in [-0.2, -0.15) is 4.31 Å². The van der Waals surface area contributed by atoms with Crippen molar-refractivity contribution in [1.29, 1.82) is 0 Å². The topological polar surface area (TPSA) is 66.8 Å². The van der Waals surface area contributed by atoms with Crippen LogP contribution in [0.1, 0.15) is 27.2 Å². The second-order valence-electron chi connectivity index (χ2n) is 6.26. The predicted octanol–water partition coefficient (Wildman–Crippen LogP) is 1.87. The Morgan fingerprint density at radius 1 is 1.33 bits per heavy atom. The number of aliphatic hydroxyl groups is 1. The molecule has 0 aromatic heterocycles. The molecule has 6 heteroatoms. The SMILES string of the molecule is CC(C)COc1ccc(S(=O)(=O)N2CCC(C)(O)C2)cc1. The summed E-state index contributed by atoms with van der Waals surface area (Å²) in [5.41, 5.74) is -0.937. The van der Waals surface area contributed by atoms with Crippen LogP contribution in [-0.4, -0.2) is 43.1 Å². The molecule has 0 spiro atoms. The number of hydrogen-bond donors (Lipinski definition) is 1. The van der Waals surface area contributed by atoms with E-state index >= 15 is 0 Å². The van der Waals surface area contributed by atoms with Gasteiger partial charge in [0.25, 0.3) is 0 Å². The van der Waals surface area contributed by atoms with E-state index in [1.165, 1.54) is 4.31 Å². The van der Waals surface area contributed by atoms with Gasteiger partial charge in [-0.25, -0.2) is 8.42 Å². The zero-order chi connectivity index (χ0) is 15.7. The molecule has 0 aliphatic carbocycles. The Balaban J connectivity index is 2.11. The Bertz CT molecular complexity index is 578. The summed E-state index contributed by atoms with van der Waals surface area (Å²) in [6.07, 6.45) is 0.460. The zero-order valence-corrected chi connectivity index (χ0v) is 13.6. The summed E-state index contributed by atoms with van der Waals surface area (Å²) in [5.74, 6) is 1.08. The standard InChI is InChI=1S/C15H23NO4S/c1-12(2)10-20-13-4-6-14(7-5-13)21(18,19)16-9-8-15(3,17)11-16/h4-7,12,17H,8-11H2,1-3H3. The summed E-state index contributed by atoms with van der Waals surface area (Å²) >= 11 is 0. The van der Waals surface area contributed by atoms with Crippen molar-refractivity contribution in [3.8, 4) is 5.75 Å². The first-order chi connectivity index (χ1) is 9.71. The zero-order valence-electron chi connectivity index (χ0n) is 12.7. The van der Waals surface area contributed by atoms with E-state index in [1.54, 1.807) is 31.2 Å². The van der Waals surface area contributed by atoms with E-state index < -0.39 is 15.6 Å². The van der Waals surface area contributed by atoms with Gasteiger partial charge < -0.3 is 9.84 Å². The third-order valence-electron chi connectivity index (χ3n) is 3.46. The highest BCUT2D eigenvalue weighted by molar-refractivity contribution is 7.89. The second-order valence-corrected chi connectivity index (χ2v) is 8.20. The molecule has 2 rings (SSSR count). The average molecular weight is 313 g/mol. The molecule has 0 radical (unpaired) electrons. The van der Waals surface area contributed by atoms with Crippen LogP contribution in [0.2, 0.25) is 0 Å². The fourth-order valence-electron chi connectivity index (χ4n) is 2.23. The van der Waals surface area contributed by atoms with Gasteiger partial charge in [-0.1, -0.05) is 13.8 Å². The van der Waals surface area contributed by atoms with Gasteiger partial charge in [0.05, 0.1) is 17.1 Å². The first-order valence-corrected chi connectivity index (χ1v) is 8.60. The molecule has 1 aromatic rings. The van der Waals surface area contributed by atoms with Crippen LogP contribution in [0.4, 0.5) is 0 Å². The molecule has 1 aliphatic rings. The number of β-amino-alcohol motifs (C(OH)–C–C–N with tert-alkyl or cyclic N) is 1. The fraction of sp³-hybridized carbons (Fsp3) is 0.600. The van der Waals surface area contributed by atoms with Crippen LogP contribution < -0.4 is 4.74 Å². The Hall–Kier alpha value is -1.11. The highest BCUT2D eigenvalue weighted by atomic mass is 32.2. The van der Waals surface area contributed by atoms with Crippen molar-refractivity contribution in [3.63, 3.8) is 0 Å². The van der Waals surface area contributed by atoms with Crippen molar-refractivity contribution in [2.24, 2.45) is 5.92 Å². The molecular formula is C15H23NO4S. The molecular weight excluding hydrogens is 290 g/mol. The van der Waals surface area contributed by atoms with Crippen molar-refractivity contribution in [3.05, 3.63) is 24.3 Å². The normalized spacial score (nSPS) is 23.7. The van der Waals surface area contributed by atoms with Crippen LogP contribution in [0.25, 0.3) is 0 Å². The molecule has 118 valence electrons. The quantitative estimate of drug-likeness (QED) is 0.901. The maximum absolute atomic E-state index is 12.5. The molecule has 5 nitrogen and oxygen atoms in total. The monoisotopic (exact) mass is 313 g/mol. The average Bonchev–Trinajstić information content (AvgIpc) is 2.78. The molecule has 1 aromatic carbocycles. The molecule has 1 fully saturated rings. The summed E-state index contributed by atoms with van der Waals surface area (Å²) in [7, 11) is -3.54. The molecule has 1 heterocycles. The van der Waals surface area contributed by atoms with E-state index in [0.29, 0.717) is 31.2 Å². The minimum atomic E-state index is -3.54. The number of benzene rings is 1. The van der Waals surface area contributed by atoms with Crippen molar-refractivity contribution in [2.45, 2.75) is 37.7 Å². The van der Waals surface area contributed by atoms with Crippen LogP contribution >= 0.6 is 0 Å². The van der Waals surface area contributed by atoms with Crippen LogP contribution in [-0.2, 0) is 10.0 Å². The number of ether oxygens (including phenoxy) is 1. The molecule has 1 unspecified atom stereocenters. The number of rotatable bonds is 5. The van der Waals surface area contributed by atoms with Gasteiger partial charge in [-0.05, 0) is 43.5 Å². The lowest BCUT2D eigenvalue weighted by atomic mass is 10.1. The van der Waals surface area contributed by atoms with E-state index in [0.717, 1.165) is 0 Å². The number of nitrogens with zero attached hydrogens (tertiary/aromatic N) is 1. The van der Waals surface area contributed by atoms with Crippen LogP contribution in [0, 0.1) is 5.92 Å². The summed E-state index contributed by atoms with van der Waals surface area (Å²) in [4.78, 5) is 0.233. The Morgan fingerprint density at radius 2 is 1.95 bits per heavy atom. The second kappa shape index (κ2) is 5.94. The fourth-order valence-corrected chi connectivity index (χ4v) is 3.79. The van der Waals surface area contributed by atoms with Gasteiger partial charge >= 0.3 is 0 Å². The Kier molecular flexibility index (Phi) is 4.60. The van der Waals surface area contributed by atoms with Crippen molar-refractivity contribution < 1.29 is 18.3 Å². The largest absolute Gasteiger partial charge is 0.493 e. The lowest BCUT2D eigenvalue weighted by Gasteiger charge is -2.19. The van der Waals surface area contributed by atoms with Crippen LogP contribution in [0.5, 0.6) is 5.75 Å². The lowest BCUT2D eigenvalue weighted by molar-refractivity contribution is 0.0762. The molecule has 21 heavy (non-hydrogen) atoms. The Labute approximate surface area is 126 Å². The van der Waals surface area contributed by atoms with Crippen molar-refractivity contribution in [2.75, 3.05) is 19.7 Å². The summed E-state index contributed by atoms with van der Waals surface area (Å²) in [5, 5.41) is 9.92. The highest BCUT2D eigenvalue weighted by Gasteiger charge is 2.38. The van der Waals surface area contributed by atoms with E-state index in [9.17, 15) is 13.5 Å². The van der Waals surface area contributed by atoms with Gasteiger partial charge in [0.1, 0.15) is 5.75 Å². The highest BCUT2D eigenvalue weighted by Crippen LogP contribution is 2.27. The first kappa shape index (κ1) is 16.3. The Morgan fingerprint density at radius 3 is 2.43 bits per heavy atom. The molecule has 0 amide bonds. The first-order valence-electron chi connectivity index (χ1n) is 7.16. The van der Waals surface area contributed by atoms with Gasteiger partial charge in [0.15, 0.2) is 0 Å². The maximum atomic E-state index is 12.5. The van der Waals surface area contributed by atoms with Crippen molar-refractivity contribution >= 4 is 10.0 Å². The van der Waals surface area contributed by atoms with E-state index in [-0.39, 0.29) is 11.4 Å². The predicted molar refractivity (Wildman–Crippen MR) is 80.8 cm³/mol. The van der Waals surface area contributed by atoms with Crippen LogP contribution in [0.15, 0.2) is 29.2 Å². The smallest absolute Gasteiger partial charge is 0.243 e. The van der Waals surface area contributed by atoms with E-state index in [2.05, 4.69) is 13.8 Å². The van der Waals surface area contributed by atoms with Crippen LogP contribution in [0.3, 0.4) is 0 Å². The minimum absolute atomic E-state index is 0.140. The molecule has 0 saturated carbocycles. The summed E-state index contributed by atoms with van der Waals surface area (Å²) in [6.45, 7) is 6.85. The summed E-state index contributed by atoms with van der Waals surface area (Å²) in [6, 6.07) is 6.45. The van der Waals surface area contributed by atoms with Gasteiger partial charge in [-0.15, -0.1) is 0 Å². The van der Waals surface area contributed by atoms with E-state index in [4.69, 9.17) is 4.74 Å². The lowest BCUT2D eigenvalue weighted by Crippen LogP contribution is -2.33. The molecule has 1 saturated heterocycles. The van der Waals surface area contributed by atoms with E-state index in [1.807, 2.05) is 0 Å². The molecule has 1 aliphatic heterocycles. The molecule has 0 bridgehead atoms. The summed E-state index contributed by atoms with van der Waals surface area (Å²) < 4.78 is 31.8. The maximum Gasteiger partial charge on any atom is 0.243 e. The number of hydrogen-bond acceptors (Lipinski definition) is 4. The molecule has 1 N–H and O–H groups in total. The van der Waals surface area contributed by atoms with Crippen molar-refractivity contribution in [1.82, 2.24) is 4.31 Å². The third-order valence-corrected chi connectivity index (χ3v) is 5.32. The van der Waals surface area contributed by atoms with Gasteiger partial charge in [-0.3, -0.25) is 0 Å². The van der Waals surface area contributed by atoms with Gasteiger partial charge in [0.2, 0.25) is 10.0 Å². The molecule has 1 atom stereocenters. The minimum Gasteiger partial charge on any atom is -0.493 e. The third kappa shape index (κ3) is 3.96. The number of sulfonamides is 1.